The molecule has 2 N–H and O–H groups in total. The van der Waals surface area contributed by atoms with Crippen LogP contribution < -0.4 is 4.72 Å². The first-order valence-corrected chi connectivity index (χ1v) is 8.36. The zero-order valence-electron chi connectivity index (χ0n) is 10.5. The van der Waals surface area contributed by atoms with E-state index in [1.54, 1.807) is 24.3 Å². The van der Waals surface area contributed by atoms with E-state index in [0.29, 0.717) is 10.2 Å². The Labute approximate surface area is 134 Å². The fraction of sp³-hybridized carbons (Fsp3) is 0.0769. The summed E-state index contributed by atoms with van der Waals surface area (Å²) in [5, 5.41) is 8.79. The van der Waals surface area contributed by atoms with Gasteiger partial charge in [-0.05, 0) is 30.3 Å². The van der Waals surface area contributed by atoms with E-state index in [1.165, 1.54) is 0 Å². The number of aliphatic hydroxyl groups excluding tert-OH is 1. The molecule has 2 aromatic rings. The highest BCUT2D eigenvalue weighted by atomic mass is 79.9. The molecule has 0 spiro atoms. The van der Waals surface area contributed by atoms with Gasteiger partial charge in [0.1, 0.15) is 5.82 Å². The predicted octanol–water partition coefficient (Wildman–Crippen LogP) is 3.53. The summed E-state index contributed by atoms with van der Waals surface area (Å²) in [5.74, 6) is -0.905. The minimum atomic E-state index is -3.98. The van der Waals surface area contributed by atoms with Crippen LogP contribution in [0.15, 0.2) is 45.8 Å². The van der Waals surface area contributed by atoms with Crippen LogP contribution in [0.2, 0.25) is 5.02 Å². The second-order valence-electron chi connectivity index (χ2n) is 4.15. The lowest BCUT2D eigenvalue weighted by Crippen LogP contribution is -2.14. The first-order chi connectivity index (χ1) is 9.83. The van der Waals surface area contributed by atoms with Gasteiger partial charge in [-0.15, -0.1) is 0 Å². The topological polar surface area (TPSA) is 66.4 Å². The smallest absolute Gasteiger partial charge is 0.262 e. The number of hydrogen-bond donors (Lipinski definition) is 2. The first-order valence-electron chi connectivity index (χ1n) is 5.70. The van der Waals surface area contributed by atoms with Crippen LogP contribution in [-0.2, 0) is 16.6 Å². The Morgan fingerprint density at radius 2 is 2.00 bits per heavy atom. The number of rotatable bonds is 4. The van der Waals surface area contributed by atoms with Crippen molar-refractivity contribution in [3.63, 3.8) is 0 Å². The summed E-state index contributed by atoms with van der Waals surface area (Å²) in [5.41, 5.74) is 0.330. The number of sulfonamides is 1. The molecule has 0 unspecified atom stereocenters. The van der Waals surface area contributed by atoms with Crippen LogP contribution in [0, 0.1) is 5.82 Å². The molecule has 2 rings (SSSR count). The molecule has 0 heterocycles. The Morgan fingerprint density at radius 3 is 2.62 bits per heavy atom. The summed E-state index contributed by atoms with van der Waals surface area (Å²) < 4.78 is 41.1. The molecule has 2 aromatic carbocycles. The van der Waals surface area contributed by atoms with Crippen molar-refractivity contribution >= 4 is 43.2 Å². The SMILES string of the molecule is O=S(=O)(Nc1cccc(Br)c1)c1cc(F)c(Cl)c(CO)c1. The predicted molar refractivity (Wildman–Crippen MR) is 82.3 cm³/mol. The largest absolute Gasteiger partial charge is 0.392 e. The third-order valence-electron chi connectivity index (χ3n) is 2.63. The normalized spacial score (nSPS) is 11.4. The van der Waals surface area contributed by atoms with Gasteiger partial charge in [0.2, 0.25) is 0 Å². The Hall–Kier alpha value is -1.15. The molecular formula is C13H10BrClFNO3S. The molecule has 8 heteroatoms. The van der Waals surface area contributed by atoms with Gasteiger partial charge in [-0.25, -0.2) is 12.8 Å². The van der Waals surface area contributed by atoms with Crippen molar-refractivity contribution < 1.29 is 17.9 Å². The van der Waals surface area contributed by atoms with Gasteiger partial charge in [0, 0.05) is 15.7 Å². The van der Waals surface area contributed by atoms with E-state index >= 15 is 0 Å². The van der Waals surface area contributed by atoms with E-state index in [-0.39, 0.29) is 15.5 Å². The summed E-state index contributed by atoms with van der Waals surface area (Å²) in [7, 11) is -3.98. The van der Waals surface area contributed by atoms with Gasteiger partial charge in [0.25, 0.3) is 10.0 Å². The van der Waals surface area contributed by atoms with Gasteiger partial charge in [0.05, 0.1) is 16.5 Å². The molecule has 112 valence electrons. The second kappa shape index (κ2) is 6.31. The van der Waals surface area contributed by atoms with Crippen LogP contribution in [0.4, 0.5) is 10.1 Å². The van der Waals surface area contributed by atoms with Gasteiger partial charge < -0.3 is 5.11 Å². The molecule has 0 fully saturated rings. The summed E-state index contributed by atoms with van der Waals surface area (Å²) in [6.45, 7) is -0.560. The first kappa shape index (κ1) is 16.2. The molecule has 0 radical (unpaired) electrons. The maximum atomic E-state index is 13.6. The molecule has 0 bridgehead atoms. The number of aliphatic hydroxyl groups is 1. The van der Waals surface area contributed by atoms with Gasteiger partial charge in [-0.3, -0.25) is 4.72 Å². The number of nitrogens with one attached hydrogen (secondary N) is 1. The number of anilines is 1. The fourth-order valence-corrected chi connectivity index (χ4v) is 3.33. The van der Waals surface area contributed by atoms with Gasteiger partial charge >= 0.3 is 0 Å². The van der Waals surface area contributed by atoms with Crippen LogP contribution in [0.5, 0.6) is 0 Å². The van der Waals surface area contributed by atoms with Gasteiger partial charge in [-0.2, -0.15) is 0 Å². The maximum absolute atomic E-state index is 13.6. The lowest BCUT2D eigenvalue weighted by molar-refractivity contribution is 0.281. The lowest BCUT2D eigenvalue weighted by atomic mass is 10.2. The molecule has 0 saturated heterocycles. The van der Waals surface area contributed by atoms with Crippen molar-refractivity contribution in [2.24, 2.45) is 0 Å². The third kappa shape index (κ3) is 3.74. The standard InChI is InChI=1S/C13H10BrClFNO3S/c14-9-2-1-3-10(5-9)17-21(19,20)11-4-8(7-18)13(15)12(16)6-11/h1-6,17-18H,7H2. The highest BCUT2D eigenvalue weighted by Crippen LogP contribution is 2.26. The second-order valence-corrected chi connectivity index (χ2v) is 7.13. The van der Waals surface area contributed by atoms with E-state index in [9.17, 15) is 12.8 Å². The summed E-state index contributed by atoms with van der Waals surface area (Å²) in [6, 6.07) is 8.46. The van der Waals surface area contributed by atoms with Crippen LogP contribution in [-0.4, -0.2) is 13.5 Å². The summed E-state index contributed by atoms with van der Waals surface area (Å²) >= 11 is 8.86. The van der Waals surface area contributed by atoms with E-state index < -0.39 is 22.4 Å². The van der Waals surface area contributed by atoms with E-state index in [4.69, 9.17) is 16.7 Å². The molecule has 0 amide bonds. The van der Waals surface area contributed by atoms with Crippen molar-refractivity contribution in [1.29, 1.82) is 0 Å². The Bertz CT molecular complexity index is 783. The molecule has 4 nitrogen and oxygen atoms in total. The van der Waals surface area contributed by atoms with Crippen LogP contribution >= 0.6 is 27.5 Å². The van der Waals surface area contributed by atoms with Crippen LogP contribution in [0.25, 0.3) is 0 Å². The van der Waals surface area contributed by atoms with Crippen molar-refractivity contribution in [2.75, 3.05) is 4.72 Å². The molecule has 0 aliphatic carbocycles. The average molecular weight is 395 g/mol. The van der Waals surface area contributed by atoms with Crippen molar-refractivity contribution in [1.82, 2.24) is 0 Å². The van der Waals surface area contributed by atoms with Crippen molar-refractivity contribution in [2.45, 2.75) is 11.5 Å². The molecule has 21 heavy (non-hydrogen) atoms. The van der Waals surface area contributed by atoms with Gasteiger partial charge in [0.15, 0.2) is 0 Å². The highest BCUT2D eigenvalue weighted by molar-refractivity contribution is 9.10. The number of halogens is 3. The highest BCUT2D eigenvalue weighted by Gasteiger charge is 2.19. The molecule has 0 aliphatic heterocycles. The molecule has 0 saturated carbocycles. The van der Waals surface area contributed by atoms with Crippen molar-refractivity contribution in [3.8, 4) is 0 Å². The minimum absolute atomic E-state index is 0.00582. The zero-order chi connectivity index (χ0) is 15.6. The molecule has 0 aliphatic rings. The third-order valence-corrected chi connectivity index (χ3v) is 4.91. The molecular weight excluding hydrogens is 385 g/mol. The fourth-order valence-electron chi connectivity index (χ4n) is 1.65. The van der Waals surface area contributed by atoms with E-state index in [0.717, 1.165) is 12.1 Å². The zero-order valence-corrected chi connectivity index (χ0v) is 13.6. The molecule has 0 atom stereocenters. The summed E-state index contributed by atoms with van der Waals surface area (Å²) in [4.78, 5) is -0.312. The van der Waals surface area contributed by atoms with E-state index in [2.05, 4.69) is 20.7 Å². The summed E-state index contributed by atoms with van der Waals surface area (Å²) in [6.07, 6.45) is 0. The number of hydrogen-bond acceptors (Lipinski definition) is 3. The van der Waals surface area contributed by atoms with E-state index in [1.807, 2.05) is 0 Å². The number of benzene rings is 2. The average Bonchev–Trinajstić information content (AvgIpc) is 2.41. The van der Waals surface area contributed by atoms with Gasteiger partial charge in [-0.1, -0.05) is 33.6 Å². The monoisotopic (exact) mass is 393 g/mol. The maximum Gasteiger partial charge on any atom is 0.262 e. The van der Waals surface area contributed by atoms with Crippen molar-refractivity contribution in [3.05, 3.63) is 57.3 Å². The quantitative estimate of drug-likeness (QED) is 0.833. The minimum Gasteiger partial charge on any atom is -0.392 e. The Kier molecular flexibility index (Phi) is 4.88. The van der Waals surface area contributed by atoms with Crippen LogP contribution in [0.3, 0.4) is 0 Å². The Balaban J connectivity index is 2.42. The van der Waals surface area contributed by atoms with Crippen LogP contribution in [0.1, 0.15) is 5.56 Å². The lowest BCUT2D eigenvalue weighted by Gasteiger charge is -2.10. The Morgan fingerprint density at radius 1 is 1.29 bits per heavy atom. The molecule has 0 aromatic heterocycles.